The lowest BCUT2D eigenvalue weighted by Gasteiger charge is -2.48. The average Bonchev–Trinajstić information content (AvgIpc) is 2.33. The topological polar surface area (TPSA) is 0 Å². The summed E-state index contributed by atoms with van der Waals surface area (Å²) in [5, 5.41) is 0. The van der Waals surface area contributed by atoms with E-state index in [1.807, 2.05) is 0 Å². The van der Waals surface area contributed by atoms with Crippen LogP contribution in [0.1, 0.15) is 75.7 Å². The van der Waals surface area contributed by atoms with Crippen LogP contribution in [0.2, 0.25) is 0 Å². The van der Waals surface area contributed by atoms with Crippen molar-refractivity contribution in [3.05, 3.63) is 11.9 Å². The van der Waals surface area contributed by atoms with Crippen molar-refractivity contribution < 1.29 is 30.7 Å². The minimum Gasteiger partial charge on any atom is -0.206 e. The number of alkyl halides is 6. The van der Waals surface area contributed by atoms with Crippen molar-refractivity contribution >= 4 is 0 Å². The van der Waals surface area contributed by atoms with Crippen LogP contribution in [-0.2, 0) is 0 Å². The molecule has 0 amide bonds. The first-order valence-corrected chi connectivity index (χ1v) is 8.86. The molecule has 0 fully saturated rings. The van der Waals surface area contributed by atoms with Crippen molar-refractivity contribution in [2.24, 2.45) is 21.7 Å². The van der Waals surface area contributed by atoms with Gasteiger partial charge in [0, 0.05) is 28.7 Å². The maximum atomic E-state index is 14.8. The predicted octanol–water partition coefficient (Wildman–Crippen LogP) is 8.28. The number of halogens is 7. The Morgan fingerprint density at radius 2 is 1.04 bits per heavy atom. The van der Waals surface area contributed by atoms with Gasteiger partial charge in [-0.1, -0.05) is 69.2 Å². The summed E-state index contributed by atoms with van der Waals surface area (Å²) in [5.74, 6) is -13.7. The van der Waals surface area contributed by atoms with Crippen molar-refractivity contribution in [2.75, 3.05) is 0 Å². The summed E-state index contributed by atoms with van der Waals surface area (Å²) in [4.78, 5) is 0. The van der Waals surface area contributed by atoms with E-state index in [0.717, 1.165) is 34.6 Å². The van der Waals surface area contributed by atoms with Gasteiger partial charge in [-0.3, -0.25) is 0 Å². The lowest BCUT2D eigenvalue weighted by atomic mass is 9.60. The van der Waals surface area contributed by atoms with E-state index in [1.165, 1.54) is 34.6 Å². The fraction of sp³-hybridized carbons (Fsp3) is 0.900. The van der Waals surface area contributed by atoms with E-state index < -0.39 is 57.8 Å². The minimum atomic E-state index is -4.12. The fourth-order valence-electron chi connectivity index (χ4n) is 2.28. The molecule has 0 bridgehead atoms. The number of rotatable bonds is 6. The Morgan fingerprint density at radius 1 is 0.667 bits per heavy atom. The molecule has 0 aromatic heterocycles. The maximum Gasteiger partial charge on any atom is 0.303 e. The van der Waals surface area contributed by atoms with E-state index in [0.29, 0.717) is 0 Å². The minimum absolute atomic E-state index is 0.408. The summed E-state index contributed by atoms with van der Waals surface area (Å²) in [6.07, 6.45) is -1.31. The van der Waals surface area contributed by atoms with Gasteiger partial charge in [0.2, 0.25) is 0 Å². The van der Waals surface area contributed by atoms with E-state index in [2.05, 4.69) is 0 Å². The van der Waals surface area contributed by atoms with Gasteiger partial charge in [-0.05, 0) is 5.41 Å². The maximum absolute atomic E-state index is 14.8. The number of hydrogen-bond acceptors (Lipinski definition) is 0. The van der Waals surface area contributed by atoms with Crippen molar-refractivity contribution in [3.63, 3.8) is 0 Å². The Kier molecular flexibility index (Phi) is 6.75. The molecule has 0 rings (SSSR count). The first kappa shape index (κ1) is 26.2. The predicted molar refractivity (Wildman–Crippen MR) is 95.1 cm³/mol. The molecular weight excluding hydrogens is 373 g/mol. The highest BCUT2D eigenvalue weighted by Gasteiger charge is 2.60. The smallest absolute Gasteiger partial charge is 0.206 e. The van der Waals surface area contributed by atoms with Crippen molar-refractivity contribution in [3.8, 4) is 0 Å². The van der Waals surface area contributed by atoms with Gasteiger partial charge in [-0.2, -0.15) is 8.78 Å². The normalized spacial score (nSPS) is 16.7. The van der Waals surface area contributed by atoms with Crippen LogP contribution in [0, 0.1) is 21.7 Å². The highest BCUT2D eigenvalue weighted by Crippen LogP contribution is 2.57. The van der Waals surface area contributed by atoms with Crippen LogP contribution in [0.3, 0.4) is 0 Å². The van der Waals surface area contributed by atoms with E-state index in [4.69, 9.17) is 0 Å². The molecule has 0 aliphatic rings. The van der Waals surface area contributed by atoms with Gasteiger partial charge in [0.1, 0.15) is 0 Å². The van der Waals surface area contributed by atoms with E-state index in [-0.39, 0.29) is 0 Å². The second-order valence-corrected chi connectivity index (χ2v) is 10.6. The molecule has 0 radical (unpaired) electrons. The quantitative estimate of drug-likeness (QED) is 0.389. The lowest BCUT2D eigenvalue weighted by molar-refractivity contribution is -0.181. The molecule has 0 aliphatic carbocycles. The molecule has 0 saturated carbocycles. The molecule has 0 atom stereocenters. The second-order valence-electron chi connectivity index (χ2n) is 10.6. The Morgan fingerprint density at radius 3 is 1.33 bits per heavy atom. The zero-order valence-electron chi connectivity index (χ0n) is 17.9. The third kappa shape index (κ3) is 5.00. The first-order chi connectivity index (χ1) is 11.3. The molecule has 27 heavy (non-hydrogen) atoms. The zero-order chi connectivity index (χ0) is 22.5. The van der Waals surface area contributed by atoms with Gasteiger partial charge in [0.15, 0.2) is 5.83 Å². The van der Waals surface area contributed by atoms with Gasteiger partial charge in [0.25, 0.3) is 11.8 Å². The molecule has 0 unspecified atom stereocenters. The van der Waals surface area contributed by atoms with Crippen LogP contribution in [0.5, 0.6) is 0 Å². The van der Waals surface area contributed by atoms with Crippen LogP contribution in [0.15, 0.2) is 11.9 Å². The third-order valence-electron chi connectivity index (χ3n) is 5.84. The summed E-state index contributed by atoms with van der Waals surface area (Å²) >= 11 is 0. The fourth-order valence-corrected chi connectivity index (χ4v) is 2.28. The van der Waals surface area contributed by atoms with Crippen molar-refractivity contribution in [1.82, 2.24) is 0 Å². The van der Waals surface area contributed by atoms with Crippen molar-refractivity contribution in [2.45, 2.75) is 93.4 Å². The Labute approximate surface area is 158 Å². The second kappa shape index (κ2) is 6.94. The van der Waals surface area contributed by atoms with Crippen LogP contribution in [-0.4, -0.2) is 17.8 Å². The largest absolute Gasteiger partial charge is 0.303 e. The molecule has 0 spiro atoms. The van der Waals surface area contributed by atoms with Gasteiger partial charge in [-0.15, -0.1) is 0 Å². The van der Waals surface area contributed by atoms with E-state index >= 15 is 0 Å². The Balaban J connectivity index is 6.08. The molecule has 7 heteroatoms. The third-order valence-corrected chi connectivity index (χ3v) is 5.84. The summed E-state index contributed by atoms with van der Waals surface area (Å²) < 4.78 is 101. The van der Waals surface area contributed by atoms with Gasteiger partial charge in [0.05, 0.1) is 0 Å². The molecule has 0 aromatic carbocycles. The van der Waals surface area contributed by atoms with Crippen LogP contribution in [0.4, 0.5) is 30.7 Å². The van der Waals surface area contributed by atoms with Crippen LogP contribution >= 0.6 is 0 Å². The SMILES string of the molecule is CC(C)(C)C(F)(F)CC(C)(C)C(C)(C)C(F)(F)/C=C(\F)C(F)(F)C(C)(C)C. The molecule has 0 aliphatic heterocycles. The van der Waals surface area contributed by atoms with E-state index in [9.17, 15) is 30.7 Å². The van der Waals surface area contributed by atoms with Gasteiger partial charge < -0.3 is 0 Å². The van der Waals surface area contributed by atoms with Gasteiger partial charge >= 0.3 is 5.92 Å². The molecule has 0 N–H and O–H groups in total. The Bertz CT molecular complexity index is 556. The number of allylic oxidation sites excluding steroid dienone is 2. The molecule has 0 nitrogen and oxygen atoms in total. The standard InChI is InChI=1S/C20H33F7/c1-14(2,3)19(24,25)12-16(7,8)17(9,10)18(22,23)11-13(21)20(26,27)15(4,5)6/h11H,12H2,1-10H3/b13-11-. The summed E-state index contributed by atoms with van der Waals surface area (Å²) in [6, 6.07) is 0. The first-order valence-electron chi connectivity index (χ1n) is 8.86. The summed E-state index contributed by atoms with van der Waals surface area (Å²) in [5.41, 5.74) is -7.31. The molecule has 162 valence electrons. The Hall–Kier alpha value is -0.750. The average molecular weight is 406 g/mol. The lowest BCUT2D eigenvalue weighted by Crippen LogP contribution is -2.51. The van der Waals surface area contributed by atoms with Gasteiger partial charge in [-0.25, -0.2) is 22.0 Å². The molecule has 0 aromatic rings. The zero-order valence-corrected chi connectivity index (χ0v) is 17.9. The monoisotopic (exact) mass is 406 g/mol. The molecular formula is C20H33F7. The van der Waals surface area contributed by atoms with Crippen LogP contribution < -0.4 is 0 Å². The van der Waals surface area contributed by atoms with E-state index in [1.54, 1.807) is 0 Å². The van der Waals surface area contributed by atoms with Crippen molar-refractivity contribution in [1.29, 1.82) is 0 Å². The summed E-state index contributed by atoms with van der Waals surface area (Å²) in [7, 11) is 0. The highest BCUT2D eigenvalue weighted by atomic mass is 19.3. The summed E-state index contributed by atoms with van der Waals surface area (Å²) in [6.45, 7) is 11.4. The molecule has 0 saturated heterocycles. The number of hydrogen-bond donors (Lipinski definition) is 0. The van der Waals surface area contributed by atoms with Crippen LogP contribution in [0.25, 0.3) is 0 Å². The molecule has 0 heterocycles. The highest BCUT2D eigenvalue weighted by molar-refractivity contribution is 5.17.